The lowest BCUT2D eigenvalue weighted by Gasteiger charge is -2.19. The van der Waals surface area contributed by atoms with Crippen LogP contribution in [0.1, 0.15) is 18.1 Å². The highest BCUT2D eigenvalue weighted by atomic mass is 79.9. The Kier molecular flexibility index (Phi) is 5.46. The SMILES string of the molecule is Cc1cccc(CNC(C)CN(C)C)c1Br. The van der Waals surface area contributed by atoms with E-state index < -0.39 is 0 Å². The average Bonchev–Trinajstić information content (AvgIpc) is 2.19. The van der Waals surface area contributed by atoms with Crippen molar-refractivity contribution in [3.05, 3.63) is 33.8 Å². The summed E-state index contributed by atoms with van der Waals surface area (Å²) in [5.74, 6) is 0. The van der Waals surface area contributed by atoms with Crippen molar-refractivity contribution in [3.63, 3.8) is 0 Å². The molecule has 90 valence electrons. The smallest absolute Gasteiger partial charge is 0.0249 e. The minimum atomic E-state index is 0.502. The van der Waals surface area contributed by atoms with Crippen LogP contribution in [0.5, 0.6) is 0 Å². The Morgan fingerprint density at radius 1 is 1.38 bits per heavy atom. The molecule has 0 amide bonds. The molecule has 1 atom stereocenters. The van der Waals surface area contributed by atoms with Gasteiger partial charge in [-0.15, -0.1) is 0 Å². The number of rotatable bonds is 5. The van der Waals surface area contributed by atoms with Gasteiger partial charge in [-0.05, 0) is 39.1 Å². The van der Waals surface area contributed by atoms with Gasteiger partial charge in [0.1, 0.15) is 0 Å². The van der Waals surface area contributed by atoms with Crippen molar-refractivity contribution in [3.8, 4) is 0 Å². The summed E-state index contributed by atoms with van der Waals surface area (Å²) in [5, 5.41) is 3.53. The second-order valence-corrected chi connectivity index (χ2v) is 5.39. The first-order valence-corrected chi connectivity index (χ1v) is 6.42. The topological polar surface area (TPSA) is 15.3 Å². The van der Waals surface area contributed by atoms with Crippen LogP contribution in [0.15, 0.2) is 22.7 Å². The second-order valence-electron chi connectivity index (χ2n) is 4.59. The number of nitrogens with zero attached hydrogens (tertiary/aromatic N) is 1. The van der Waals surface area contributed by atoms with Gasteiger partial charge in [0, 0.05) is 23.6 Å². The summed E-state index contributed by atoms with van der Waals surface area (Å²) in [7, 11) is 4.20. The van der Waals surface area contributed by atoms with E-state index in [4.69, 9.17) is 0 Å². The molecule has 0 aliphatic carbocycles. The van der Waals surface area contributed by atoms with Crippen molar-refractivity contribution < 1.29 is 0 Å². The normalized spacial score (nSPS) is 13.1. The van der Waals surface area contributed by atoms with E-state index in [1.807, 2.05) is 0 Å². The Hall–Kier alpha value is -0.380. The number of hydrogen-bond acceptors (Lipinski definition) is 2. The molecule has 0 fully saturated rings. The van der Waals surface area contributed by atoms with Crippen molar-refractivity contribution in [1.29, 1.82) is 0 Å². The van der Waals surface area contributed by atoms with Crippen LogP contribution >= 0.6 is 15.9 Å². The highest BCUT2D eigenvalue weighted by molar-refractivity contribution is 9.10. The van der Waals surface area contributed by atoms with Crippen molar-refractivity contribution in [1.82, 2.24) is 10.2 Å². The number of aryl methyl sites for hydroxylation is 1. The molecule has 1 unspecified atom stereocenters. The fourth-order valence-electron chi connectivity index (χ4n) is 1.74. The molecule has 0 saturated heterocycles. The lowest BCUT2D eigenvalue weighted by molar-refractivity contribution is 0.349. The van der Waals surface area contributed by atoms with E-state index in [2.05, 4.69) is 72.3 Å². The van der Waals surface area contributed by atoms with E-state index in [-0.39, 0.29) is 0 Å². The van der Waals surface area contributed by atoms with Gasteiger partial charge in [-0.2, -0.15) is 0 Å². The van der Waals surface area contributed by atoms with E-state index >= 15 is 0 Å². The zero-order chi connectivity index (χ0) is 12.1. The molecule has 0 aromatic heterocycles. The number of benzene rings is 1. The summed E-state index contributed by atoms with van der Waals surface area (Å²) in [6.45, 7) is 6.31. The first-order valence-electron chi connectivity index (χ1n) is 5.63. The molecule has 0 heterocycles. The quantitative estimate of drug-likeness (QED) is 0.895. The summed E-state index contributed by atoms with van der Waals surface area (Å²) in [6.07, 6.45) is 0. The number of hydrogen-bond donors (Lipinski definition) is 1. The van der Waals surface area contributed by atoms with Crippen molar-refractivity contribution in [2.24, 2.45) is 0 Å². The molecule has 0 spiro atoms. The van der Waals surface area contributed by atoms with Gasteiger partial charge in [-0.3, -0.25) is 0 Å². The summed E-state index contributed by atoms with van der Waals surface area (Å²) < 4.78 is 1.22. The van der Waals surface area contributed by atoms with Crippen LogP contribution in [0, 0.1) is 6.92 Å². The van der Waals surface area contributed by atoms with Gasteiger partial charge < -0.3 is 10.2 Å². The number of likely N-dealkylation sites (N-methyl/N-ethyl adjacent to an activating group) is 1. The third-order valence-electron chi connectivity index (χ3n) is 2.55. The van der Waals surface area contributed by atoms with E-state index in [1.165, 1.54) is 15.6 Å². The first-order chi connectivity index (χ1) is 7.50. The molecule has 0 aliphatic rings. The molecule has 0 bridgehead atoms. The van der Waals surface area contributed by atoms with Crippen molar-refractivity contribution in [2.45, 2.75) is 26.4 Å². The molecule has 3 heteroatoms. The van der Waals surface area contributed by atoms with Crippen molar-refractivity contribution in [2.75, 3.05) is 20.6 Å². The summed E-state index contributed by atoms with van der Waals surface area (Å²) in [4.78, 5) is 2.20. The fourth-order valence-corrected chi connectivity index (χ4v) is 2.15. The largest absolute Gasteiger partial charge is 0.309 e. The van der Waals surface area contributed by atoms with Crippen LogP contribution in [0.3, 0.4) is 0 Å². The van der Waals surface area contributed by atoms with E-state index in [1.54, 1.807) is 0 Å². The average molecular weight is 285 g/mol. The Labute approximate surface area is 107 Å². The molecule has 0 radical (unpaired) electrons. The second kappa shape index (κ2) is 6.38. The van der Waals surface area contributed by atoms with Gasteiger partial charge in [-0.25, -0.2) is 0 Å². The van der Waals surface area contributed by atoms with Crippen LogP contribution in [0.4, 0.5) is 0 Å². The Balaban J connectivity index is 2.51. The summed E-state index contributed by atoms with van der Waals surface area (Å²) >= 11 is 3.63. The third-order valence-corrected chi connectivity index (χ3v) is 3.69. The molecule has 0 aliphatic heterocycles. The van der Waals surface area contributed by atoms with E-state index in [9.17, 15) is 0 Å². The first kappa shape index (κ1) is 13.7. The lowest BCUT2D eigenvalue weighted by Crippen LogP contribution is -2.35. The zero-order valence-corrected chi connectivity index (χ0v) is 12.1. The Bertz CT molecular complexity index is 337. The minimum absolute atomic E-state index is 0.502. The highest BCUT2D eigenvalue weighted by Crippen LogP contribution is 2.20. The highest BCUT2D eigenvalue weighted by Gasteiger charge is 2.05. The molecule has 1 aromatic rings. The molecule has 1 N–H and O–H groups in total. The molecule has 0 saturated carbocycles. The van der Waals surface area contributed by atoms with Gasteiger partial charge >= 0.3 is 0 Å². The molecule has 16 heavy (non-hydrogen) atoms. The molecule has 2 nitrogen and oxygen atoms in total. The van der Waals surface area contributed by atoms with Gasteiger partial charge in [0.25, 0.3) is 0 Å². The van der Waals surface area contributed by atoms with E-state index in [0.29, 0.717) is 6.04 Å². The predicted molar refractivity (Wildman–Crippen MR) is 73.7 cm³/mol. The third kappa shape index (κ3) is 4.24. The lowest BCUT2D eigenvalue weighted by atomic mass is 10.1. The van der Waals surface area contributed by atoms with Crippen LogP contribution in [0.2, 0.25) is 0 Å². The predicted octanol–water partition coefficient (Wildman–Crippen LogP) is 2.80. The standard InChI is InChI=1S/C13H21BrN2/c1-10-6-5-7-12(13(10)14)8-15-11(2)9-16(3)4/h5-7,11,15H,8-9H2,1-4H3. The van der Waals surface area contributed by atoms with Gasteiger partial charge in [0.05, 0.1) is 0 Å². The maximum atomic E-state index is 3.63. The van der Waals surface area contributed by atoms with Crippen LogP contribution in [-0.4, -0.2) is 31.6 Å². The molecular formula is C13H21BrN2. The Morgan fingerprint density at radius 2 is 2.06 bits per heavy atom. The zero-order valence-electron chi connectivity index (χ0n) is 10.5. The Morgan fingerprint density at radius 3 is 2.69 bits per heavy atom. The van der Waals surface area contributed by atoms with Crippen LogP contribution < -0.4 is 5.32 Å². The van der Waals surface area contributed by atoms with Crippen LogP contribution in [-0.2, 0) is 6.54 Å². The van der Waals surface area contributed by atoms with Crippen molar-refractivity contribution >= 4 is 15.9 Å². The number of nitrogens with one attached hydrogen (secondary N) is 1. The molecular weight excluding hydrogens is 264 g/mol. The molecule has 1 aromatic carbocycles. The van der Waals surface area contributed by atoms with E-state index in [0.717, 1.165) is 13.1 Å². The van der Waals surface area contributed by atoms with Gasteiger partial charge in [0.2, 0.25) is 0 Å². The van der Waals surface area contributed by atoms with Crippen LogP contribution in [0.25, 0.3) is 0 Å². The van der Waals surface area contributed by atoms with Gasteiger partial charge in [0.15, 0.2) is 0 Å². The number of halogens is 1. The van der Waals surface area contributed by atoms with Gasteiger partial charge in [-0.1, -0.05) is 34.1 Å². The summed E-state index contributed by atoms with van der Waals surface area (Å²) in [5.41, 5.74) is 2.62. The minimum Gasteiger partial charge on any atom is -0.309 e. The molecule has 1 rings (SSSR count). The maximum Gasteiger partial charge on any atom is 0.0249 e. The summed E-state index contributed by atoms with van der Waals surface area (Å²) in [6, 6.07) is 6.89. The maximum absolute atomic E-state index is 3.63. The fraction of sp³-hybridized carbons (Fsp3) is 0.538. The monoisotopic (exact) mass is 284 g/mol.